The van der Waals surface area contributed by atoms with Crippen molar-refractivity contribution in [2.24, 2.45) is 5.92 Å². The average molecular weight is 338 g/mol. The van der Waals surface area contributed by atoms with Gasteiger partial charge in [-0.15, -0.1) is 0 Å². The molecule has 0 aliphatic rings. The largest absolute Gasteiger partial charge is 0.224 e. The summed E-state index contributed by atoms with van der Waals surface area (Å²) < 4.78 is 49.1. The third-order valence-electron chi connectivity index (χ3n) is 3.21. The molecule has 0 bridgehead atoms. The quantitative estimate of drug-likeness (QED) is 0.812. The van der Waals surface area contributed by atoms with E-state index < -0.39 is 25.6 Å². The van der Waals surface area contributed by atoms with Gasteiger partial charge in [-0.1, -0.05) is 43.3 Å². The maximum Gasteiger partial charge on any atom is 0.178 e. The molecule has 0 fully saturated rings. The topological polar surface area (TPSA) is 68.3 Å². The number of hydrogen-bond donors (Lipinski definition) is 0. The van der Waals surface area contributed by atoms with Gasteiger partial charge in [-0.2, -0.15) is 0 Å². The highest BCUT2D eigenvalue weighted by Gasteiger charge is 2.24. The third-order valence-corrected chi connectivity index (χ3v) is 7.21. The molecule has 0 atom stereocenters. The predicted molar refractivity (Wildman–Crippen MR) is 86.2 cm³/mol. The second-order valence-corrected chi connectivity index (χ2v) is 9.36. The van der Waals surface area contributed by atoms with Crippen LogP contribution in [0, 0.1) is 5.92 Å². The van der Waals surface area contributed by atoms with Crippen LogP contribution in [0.4, 0.5) is 0 Å². The van der Waals surface area contributed by atoms with Gasteiger partial charge in [0.05, 0.1) is 21.3 Å². The highest BCUT2D eigenvalue weighted by Crippen LogP contribution is 2.18. The molecule has 0 saturated heterocycles. The van der Waals surface area contributed by atoms with Crippen LogP contribution < -0.4 is 0 Å². The first-order valence-corrected chi connectivity index (χ1v) is 10.2. The Morgan fingerprint density at radius 3 is 1.32 bits per heavy atom. The Morgan fingerprint density at radius 2 is 1.00 bits per heavy atom. The van der Waals surface area contributed by atoms with Crippen LogP contribution in [0.1, 0.15) is 6.92 Å². The van der Waals surface area contributed by atoms with Crippen molar-refractivity contribution in [2.45, 2.75) is 16.7 Å². The van der Waals surface area contributed by atoms with E-state index in [0.29, 0.717) is 0 Å². The van der Waals surface area contributed by atoms with Gasteiger partial charge in [0, 0.05) is 0 Å². The second-order valence-electron chi connectivity index (χ2n) is 5.29. The van der Waals surface area contributed by atoms with Crippen molar-refractivity contribution in [3.8, 4) is 0 Å². The zero-order valence-corrected chi connectivity index (χ0v) is 13.8. The number of hydrogen-bond acceptors (Lipinski definition) is 4. The first-order valence-electron chi connectivity index (χ1n) is 6.87. The summed E-state index contributed by atoms with van der Waals surface area (Å²) in [5.74, 6) is -0.873. The normalized spacial score (nSPS) is 12.5. The molecule has 0 aliphatic carbocycles. The van der Waals surface area contributed by atoms with Gasteiger partial charge in [0.25, 0.3) is 0 Å². The van der Waals surface area contributed by atoms with Crippen LogP contribution in [0.15, 0.2) is 70.5 Å². The third kappa shape index (κ3) is 4.18. The lowest BCUT2D eigenvalue weighted by Crippen LogP contribution is -2.22. The molecule has 0 N–H and O–H groups in total. The molecule has 0 saturated carbocycles. The SMILES string of the molecule is CC(CS(=O)(=O)c1ccccc1)CS(=O)(=O)c1ccccc1. The zero-order valence-electron chi connectivity index (χ0n) is 12.2. The number of benzene rings is 2. The lowest BCUT2D eigenvalue weighted by Gasteiger charge is -2.12. The minimum atomic E-state index is -3.48. The number of rotatable bonds is 6. The standard InChI is InChI=1S/C16H18O4S2/c1-14(12-21(17,18)15-8-4-2-5-9-15)13-22(19,20)16-10-6-3-7-11-16/h2-11,14H,12-13H2,1H3. The molecule has 6 heteroatoms. The van der Waals surface area contributed by atoms with Crippen LogP contribution in [0.5, 0.6) is 0 Å². The summed E-state index contributed by atoms with van der Waals surface area (Å²) in [6.07, 6.45) is 0. The zero-order chi connectivity index (χ0) is 16.2. The minimum Gasteiger partial charge on any atom is -0.224 e. The van der Waals surface area contributed by atoms with Gasteiger partial charge in [-0.25, -0.2) is 16.8 Å². The van der Waals surface area contributed by atoms with Crippen LogP contribution >= 0.6 is 0 Å². The molecule has 2 rings (SSSR count). The average Bonchev–Trinajstić information content (AvgIpc) is 2.48. The van der Waals surface area contributed by atoms with Gasteiger partial charge in [-0.3, -0.25) is 0 Å². The summed E-state index contributed by atoms with van der Waals surface area (Å²) in [6, 6.07) is 16.2. The Bertz CT molecular complexity index is 739. The van der Waals surface area contributed by atoms with E-state index in [4.69, 9.17) is 0 Å². The van der Waals surface area contributed by atoms with E-state index in [9.17, 15) is 16.8 Å². The van der Waals surface area contributed by atoms with Crippen molar-refractivity contribution in [1.29, 1.82) is 0 Å². The van der Waals surface area contributed by atoms with Crippen LogP contribution in [-0.4, -0.2) is 28.3 Å². The molecule has 2 aromatic rings. The lowest BCUT2D eigenvalue weighted by atomic mass is 10.3. The molecular weight excluding hydrogens is 320 g/mol. The molecule has 0 spiro atoms. The lowest BCUT2D eigenvalue weighted by molar-refractivity contribution is 0.570. The monoisotopic (exact) mass is 338 g/mol. The molecule has 118 valence electrons. The molecule has 0 radical (unpaired) electrons. The van der Waals surface area contributed by atoms with Crippen molar-refractivity contribution in [3.05, 3.63) is 60.7 Å². The highest BCUT2D eigenvalue weighted by molar-refractivity contribution is 7.92. The Balaban J connectivity index is 2.12. The fourth-order valence-electron chi connectivity index (χ4n) is 2.25. The summed E-state index contributed by atoms with van der Waals surface area (Å²) in [6.45, 7) is 1.64. The molecule has 22 heavy (non-hydrogen) atoms. The van der Waals surface area contributed by atoms with E-state index >= 15 is 0 Å². The second kappa shape index (κ2) is 6.62. The summed E-state index contributed by atoms with van der Waals surface area (Å²) >= 11 is 0. The van der Waals surface area contributed by atoms with Crippen molar-refractivity contribution in [2.75, 3.05) is 11.5 Å². The van der Waals surface area contributed by atoms with Crippen molar-refractivity contribution in [3.63, 3.8) is 0 Å². The summed E-state index contributed by atoms with van der Waals surface area (Å²) in [7, 11) is -6.96. The minimum absolute atomic E-state index is 0.191. The molecule has 4 nitrogen and oxygen atoms in total. The summed E-state index contributed by atoms with van der Waals surface area (Å²) in [4.78, 5) is 0.443. The molecule has 0 aromatic heterocycles. The smallest absolute Gasteiger partial charge is 0.178 e. The molecule has 0 amide bonds. The molecule has 0 unspecified atom stereocenters. The van der Waals surface area contributed by atoms with Crippen LogP contribution in [0.25, 0.3) is 0 Å². The van der Waals surface area contributed by atoms with Crippen molar-refractivity contribution in [1.82, 2.24) is 0 Å². The Kier molecular flexibility index (Phi) is 5.03. The van der Waals surface area contributed by atoms with E-state index in [1.54, 1.807) is 43.3 Å². The van der Waals surface area contributed by atoms with E-state index in [2.05, 4.69) is 0 Å². The molecule has 0 heterocycles. The van der Waals surface area contributed by atoms with Gasteiger partial charge in [0.2, 0.25) is 0 Å². The van der Waals surface area contributed by atoms with Gasteiger partial charge >= 0.3 is 0 Å². The molecule has 2 aromatic carbocycles. The van der Waals surface area contributed by atoms with Gasteiger partial charge in [0.1, 0.15) is 0 Å². The Morgan fingerprint density at radius 1 is 0.682 bits per heavy atom. The molecule has 0 aliphatic heterocycles. The maximum atomic E-state index is 12.3. The first kappa shape index (κ1) is 16.7. The van der Waals surface area contributed by atoms with Gasteiger partial charge < -0.3 is 0 Å². The first-order chi connectivity index (χ1) is 10.3. The van der Waals surface area contributed by atoms with Crippen LogP contribution in [0.3, 0.4) is 0 Å². The van der Waals surface area contributed by atoms with Crippen molar-refractivity contribution >= 4 is 19.7 Å². The number of sulfone groups is 2. The van der Waals surface area contributed by atoms with E-state index in [1.807, 2.05) is 0 Å². The van der Waals surface area contributed by atoms with Crippen LogP contribution in [0.2, 0.25) is 0 Å². The van der Waals surface area contributed by atoms with Crippen molar-refractivity contribution < 1.29 is 16.8 Å². The van der Waals surface area contributed by atoms with E-state index in [1.165, 1.54) is 24.3 Å². The maximum absolute atomic E-state index is 12.3. The van der Waals surface area contributed by atoms with Gasteiger partial charge in [0.15, 0.2) is 19.7 Å². The summed E-state index contributed by atoms with van der Waals surface area (Å²) in [5.41, 5.74) is 0. The fourth-order valence-corrected chi connectivity index (χ4v) is 5.66. The predicted octanol–water partition coefficient (Wildman–Crippen LogP) is 2.57. The fraction of sp³-hybridized carbons (Fsp3) is 0.250. The Labute approximate surface area is 131 Å². The van der Waals surface area contributed by atoms with Gasteiger partial charge in [-0.05, 0) is 30.2 Å². The molecular formula is C16H18O4S2. The van der Waals surface area contributed by atoms with Crippen LogP contribution in [-0.2, 0) is 19.7 Å². The summed E-state index contributed by atoms with van der Waals surface area (Å²) in [5, 5.41) is 0. The Hall–Kier alpha value is -1.66. The van der Waals surface area contributed by atoms with E-state index in [0.717, 1.165) is 0 Å². The highest BCUT2D eigenvalue weighted by atomic mass is 32.2. The van der Waals surface area contributed by atoms with E-state index in [-0.39, 0.29) is 21.3 Å².